The third-order valence-electron chi connectivity index (χ3n) is 4.26. The molecule has 0 spiro atoms. The number of carbonyl (C=O) groups excluding carboxylic acids is 1. The first-order chi connectivity index (χ1) is 10.1. The summed E-state index contributed by atoms with van der Waals surface area (Å²) in [5.41, 5.74) is 2.24. The molecule has 21 heavy (non-hydrogen) atoms. The highest BCUT2D eigenvalue weighted by molar-refractivity contribution is 7.91. The molecule has 2 atom stereocenters. The molecule has 1 saturated heterocycles. The molecular formula is C15H20N2O3S. The highest BCUT2D eigenvalue weighted by Gasteiger charge is 2.30. The zero-order chi connectivity index (χ0) is 14.9. The second kappa shape index (κ2) is 5.77. The maximum atomic E-state index is 12.4. The minimum Gasteiger partial charge on any atom is -0.354 e. The smallest absolute Gasteiger partial charge is 0.241 e. The molecule has 1 amide bonds. The minimum absolute atomic E-state index is 0.0535. The monoisotopic (exact) mass is 308 g/mol. The van der Waals surface area contributed by atoms with Gasteiger partial charge in [0.05, 0.1) is 11.5 Å². The molecule has 2 aliphatic heterocycles. The zero-order valence-corrected chi connectivity index (χ0v) is 12.7. The van der Waals surface area contributed by atoms with Crippen molar-refractivity contribution >= 4 is 15.7 Å². The number of hydrogen-bond acceptors (Lipinski definition) is 4. The molecule has 2 unspecified atom stereocenters. The van der Waals surface area contributed by atoms with Crippen molar-refractivity contribution in [2.24, 2.45) is 5.92 Å². The molecule has 0 radical (unpaired) electrons. The first-order valence-corrected chi connectivity index (χ1v) is 9.16. The van der Waals surface area contributed by atoms with Crippen molar-refractivity contribution < 1.29 is 13.2 Å². The molecule has 2 N–H and O–H groups in total. The van der Waals surface area contributed by atoms with Crippen molar-refractivity contribution in [1.29, 1.82) is 0 Å². The van der Waals surface area contributed by atoms with Gasteiger partial charge in [0.25, 0.3) is 0 Å². The van der Waals surface area contributed by atoms with E-state index >= 15 is 0 Å². The van der Waals surface area contributed by atoms with Crippen LogP contribution in [-0.2, 0) is 21.1 Å². The summed E-state index contributed by atoms with van der Waals surface area (Å²) in [4.78, 5) is 12.4. The normalized spacial score (nSPS) is 27.0. The van der Waals surface area contributed by atoms with Gasteiger partial charge in [-0.15, -0.1) is 0 Å². The summed E-state index contributed by atoms with van der Waals surface area (Å²) in [5, 5.41) is 6.14. The van der Waals surface area contributed by atoms with E-state index in [1.807, 2.05) is 18.2 Å². The maximum Gasteiger partial charge on any atom is 0.241 e. The molecule has 1 aromatic carbocycles. The van der Waals surface area contributed by atoms with E-state index in [1.54, 1.807) is 0 Å². The van der Waals surface area contributed by atoms with E-state index in [-0.39, 0.29) is 29.4 Å². The molecule has 2 aliphatic rings. The second-order valence-corrected chi connectivity index (χ2v) is 8.08. The van der Waals surface area contributed by atoms with Crippen LogP contribution in [-0.4, -0.2) is 38.9 Å². The number of benzene rings is 1. The Morgan fingerprint density at radius 1 is 1.33 bits per heavy atom. The van der Waals surface area contributed by atoms with Gasteiger partial charge in [0, 0.05) is 13.1 Å². The summed E-state index contributed by atoms with van der Waals surface area (Å²) in [7, 11) is -2.88. The van der Waals surface area contributed by atoms with E-state index in [2.05, 4.69) is 16.7 Å². The largest absolute Gasteiger partial charge is 0.354 e. The van der Waals surface area contributed by atoms with Crippen LogP contribution in [0.3, 0.4) is 0 Å². The van der Waals surface area contributed by atoms with Crippen molar-refractivity contribution in [2.75, 3.05) is 24.6 Å². The van der Waals surface area contributed by atoms with Crippen molar-refractivity contribution in [3.63, 3.8) is 0 Å². The summed E-state index contributed by atoms with van der Waals surface area (Å²) in [6, 6.07) is 7.64. The molecule has 0 aromatic heterocycles. The molecule has 0 bridgehead atoms. The third kappa shape index (κ3) is 3.27. The minimum atomic E-state index is -2.88. The highest BCUT2D eigenvalue weighted by Crippen LogP contribution is 2.23. The zero-order valence-electron chi connectivity index (χ0n) is 11.8. The van der Waals surface area contributed by atoms with E-state index in [4.69, 9.17) is 0 Å². The Labute approximate surface area is 125 Å². The van der Waals surface area contributed by atoms with Gasteiger partial charge in [0.1, 0.15) is 6.04 Å². The summed E-state index contributed by atoms with van der Waals surface area (Å²) in [6.45, 7) is 1.23. The average molecular weight is 308 g/mol. The Balaban J connectivity index is 1.62. The molecule has 0 aliphatic carbocycles. The lowest BCUT2D eigenvalue weighted by atomic mass is 9.94. The van der Waals surface area contributed by atoms with Crippen LogP contribution in [0.15, 0.2) is 24.3 Å². The van der Waals surface area contributed by atoms with Gasteiger partial charge in [0.15, 0.2) is 9.84 Å². The summed E-state index contributed by atoms with van der Waals surface area (Å²) in [5.74, 6) is 0.434. The highest BCUT2D eigenvalue weighted by atomic mass is 32.2. The fourth-order valence-electron chi connectivity index (χ4n) is 3.12. The van der Waals surface area contributed by atoms with Crippen LogP contribution in [0.4, 0.5) is 0 Å². The predicted octanol–water partition coefficient (Wildman–Crippen LogP) is 0.424. The van der Waals surface area contributed by atoms with E-state index in [1.165, 1.54) is 5.56 Å². The van der Waals surface area contributed by atoms with Gasteiger partial charge in [-0.1, -0.05) is 24.3 Å². The van der Waals surface area contributed by atoms with Crippen LogP contribution in [0.2, 0.25) is 0 Å². The molecule has 1 fully saturated rings. The van der Waals surface area contributed by atoms with Crippen LogP contribution in [0.5, 0.6) is 0 Å². The maximum absolute atomic E-state index is 12.4. The first-order valence-electron chi connectivity index (χ1n) is 7.34. The molecule has 5 nitrogen and oxygen atoms in total. The molecule has 2 heterocycles. The topological polar surface area (TPSA) is 75.3 Å². The van der Waals surface area contributed by atoms with Gasteiger partial charge in [-0.2, -0.15) is 0 Å². The fourth-order valence-corrected chi connectivity index (χ4v) is 4.98. The van der Waals surface area contributed by atoms with Gasteiger partial charge >= 0.3 is 0 Å². The predicted molar refractivity (Wildman–Crippen MR) is 80.7 cm³/mol. The van der Waals surface area contributed by atoms with Crippen molar-refractivity contribution in [3.8, 4) is 0 Å². The Hall–Kier alpha value is -1.40. The standard InChI is InChI=1S/C15H20N2O3S/c18-15(17-9-11-6-8-21(19,20)10-11)14-13-4-2-1-3-12(13)5-7-16-14/h1-4,11,14,16H,5-10H2,(H,17,18). The lowest BCUT2D eigenvalue weighted by Gasteiger charge is -2.26. The Kier molecular flexibility index (Phi) is 3.99. The number of nitrogens with one attached hydrogen (secondary N) is 2. The number of rotatable bonds is 3. The summed E-state index contributed by atoms with van der Waals surface area (Å²) in [6.07, 6.45) is 1.58. The van der Waals surface area contributed by atoms with E-state index in [0.29, 0.717) is 13.0 Å². The number of fused-ring (bicyclic) bond motifs is 1. The molecule has 3 rings (SSSR count). The Morgan fingerprint density at radius 3 is 2.90 bits per heavy atom. The molecule has 0 saturated carbocycles. The molecule has 6 heteroatoms. The lowest BCUT2D eigenvalue weighted by Crippen LogP contribution is -2.42. The van der Waals surface area contributed by atoms with Crippen LogP contribution >= 0.6 is 0 Å². The third-order valence-corrected chi connectivity index (χ3v) is 6.10. The lowest BCUT2D eigenvalue weighted by molar-refractivity contribution is -0.123. The summed E-state index contributed by atoms with van der Waals surface area (Å²) < 4.78 is 22.9. The van der Waals surface area contributed by atoms with Crippen molar-refractivity contribution in [3.05, 3.63) is 35.4 Å². The summed E-state index contributed by atoms with van der Waals surface area (Å²) >= 11 is 0. The van der Waals surface area contributed by atoms with Gasteiger partial charge in [-0.3, -0.25) is 4.79 Å². The van der Waals surface area contributed by atoms with E-state index < -0.39 is 9.84 Å². The fraction of sp³-hybridized carbons (Fsp3) is 0.533. The second-order valence-electron chi connectivity index (χ2n) is 5.85. The number of hydrogen-bond donors (Lipinski definition) is 2. The molecular weight excluding hydrogens is 288 g/mol. The van der Waals surface area contributed by atoms with Gasteiger partial charge in [0.2, 0.25) is 5.91 Å². The van der Waals surface area contributed by atoms with Crippen molar-refractivity contribution in [2.45, 2.75) is 18.9 Å². The van der Waals surface area contributed by atoms with E-state index in [0.717, 1.165) is 18.5 Å². The van der Waals surface area contributed by atoms with Crippen molar-refractivity contribution in [1.82, 2.24) is 10.6 Å². The van der Waals surface area contributed by atoms with Gasteiger partial charge in [-0.05, 0) is 29.9 Å². The Bertz CT molecular complexity index is 642. The van der Waals surface area contributed by atoms with E-state index in [9.17, 15) is 13.2 Å². The molecule has 114 valence electrons. The SMILES string of the molecule is O=C(NCC1CCS(=O)(=O)C1)C1NCCc2ccccc21. The number of amides is 1. The van der Waals surface area contributed by atoms with Gasteiger partial charge in [-0.25, -0.2) is 8.42 Å². The van der Waals surface area contributed by atoms with Crippen LogP contribution < -0.4 is 10.6 Å². The van der Waals surface area contributed by atoms with Crippen LogP contribution in [0.25, 0.3) is 0 Å². The van der Waals surface area contributed by atoms with Gasteiger partial charge < -0.3 is 10.6 Å². The van der Waals surface area contributed by atoms with Crippen LogP contribution in [0, 0.1) is 5.92 Å². The first kappa shape index (κ1) is 14.5. The quantitative estimate of drug-likeness (QED) is 0.849. The van der Waals surface area contributed by atoms with Crippen LogP contribution in [0.1, 0.15) is 23.6 Å². The number of sulfone groups is 1. The average Bonchev–Trinajstić information content (AvgIpc) is 2.83. The molecule has 1 aromatic rings. The number of carbonyl (C=O) groups is 1. The Morgan fingerprint density at radius 2 is 2.14 bits per heavy atom.